The minimum atomic E-state index is 0.834. The molecule has 0 spiro atoms. The van der Waals surface area contributed by atoms with Crippen molar-refractivity contribution in [1.29, 1.82) is 0 Å². The van der Waals surface area contributed by atoms with E-state index in [2.05, 4.69) is 35.3 Å². The fourth-order valence-electron chi connectivity index (χ4n) is 2.32. The summed E-state index contributed by atoms with van der Waals surface area (Å²) in [5.74, 6) is 0. The van der Waals surface area contributed by atoms with Gasteiger partial charge < -0.3 is 4.98 Å². The van der Waals surface area contributed by atoms with Gasteiger partial charge in [-0.05, 0) is 12.1 Å². The van der Waals surface area contributed by atoms with Crippen LogP contribution >= 0.6 is 22.9 Å². The minimum absolute atomic E-state index is 0.834. The molecule has 0 saturated heterocycles. The van der Waals surface area contributed by atoms with Gasteiger partial charge in [-0.1, -0.05) is 41.9 Å². The van der Waals surface area contributed by atoms with Crippen molar-refractivity contribution in [2.45, 2.75) is 0 Å². The number of halogens is 1. The van der Waals surface area contributed by atoms with Crippen molar-refractivity contribution in [2.75, 3.05) is 0 Å². The van der Waals surface area contributed by atoms with Gasteiger partial charge in [-0.2, -0.15) is 0 Å². The number of para-hydroxylation sites is 1. The monoisotopic (exact) mass is 257 g/mol. The number of aromatic nitrogens is 1. The van der Waals surface area contributed by atoms with Gasteiger partial charge in [0, 0.05) is 16.3 Å². The molecule has 0 aliphatic rings. The maximum atomic E-state index is 6.23. The van der Waals surface area contributed by atoms with E-state index >= 15 is 0 Å². The van der Waals surface area contributed by atoms with E-state index in [-0.39, 0.29) is 0 Å². The SMILES string of the molecule is Clc1cccc2c1sc1c3ccccc3[nH]c21. The van der Waals surface area contributed by atoms with Gasteiger partial charge in [0.1, 0.15) is 0 Å². The van der Waals surface area contributed by atoms with Gasteiger partial charge in [0.05, 0.1) is 19.9 Å². The fourth-order valence-corrected chi connectivity index (χ4v) is 3.81. The van der Waals surface area contributed by atoms with Crippen LogP contribution in [-0.2, 0) is 0 Å². The molecular formula is C14H8ClNS. The van der Waals surface area contributed by atoms with E-state index in [4.69, 9.17) is 11.6 Å². The van der Waals surface area contributed by atoms with Crippen molar-refractivity contribution in [3.63, 3.8) is 0 Å². The van der Waals surface area contributed by atoms with Gasteiger partial charge >= 0.3 is 0 Å². The van der Waals surface area contributed by atoms with Gasteiger partial charge in [0.15, 0.2) is 0 Å². The van der Waals surface area contributed by atoms with E-state index in [0.717, 1.165) is 5.02 Å². The van der Waals surface area contributed by atoms with Crippen LogP contribution in [0.25, 0.3) is 31.2 Å². The molecule has 0 radical (unpaired) electrons. The molecule has 0 fully saturated rings. The van der Waals surface area contributed by atoms with Gasteiger partial charge in [-0.25, -0.2) is 0 Å². The van der Waals surface area contributed by atoms with Gasteiger partial charge in [0.25, 0.3) is 0 Å². The molecule has 82 valence electrons. The Balaban J connectivity index is 2.33. The Morgan fingerprint density at radius 2 is 1.71 bits per heavy atom. The van der Waals surface area contributed by atoms with Gasteiger partial charge in [0.2, 0.25) is 0 Å². The summed E-state index contributed by atoms with van der Waals surface area (Å²) in [4.78, 5) is 3.48. The number of aromatic amines is 1. The molecular weight excluding hydrogens is 250 g/mol. The van der Waals surface area contributed by atoms with Crippen molar-refractivity contribution in [1.82, 2.24) is 4.98 Å². The third kappa shape index (κ3) is 1.20. The van der Waals surface area contributed by atoms with Crippen LogP contribution < -0.4 is 0 Å². The Hall–Kier alpha value is -1.51. The highest BCUT2D eigenvalue weighted by atomic mass is 35.5. The molecule has 2 aromatic heterocycles. The summed E-state index contributed by atoms with van der Waals surface area (Å²) >= 11 is 7.99. The lowest BCUT2D eigenvalue weighted by molar-refractivity contribution is 1.57. The second-order valence-corrected chi connectivity index (χ2v) is 5.52. The lowest BCUT2D eigenvalue weighted by atomic mass is 10.2. The van der Waals surface area contributed by atoms with Crippen molar-refractivity contribution in [3.05, 3.63) is 47.5 Å². The third-order valence-corrected chi connectivity index (χ3v) is 4.80. The lowest BCUT2D eigenvalue weighted by Gasteiger charge is -1.92. The molecule has 0 saturated carbocycles. The number of H-pyrrole nitrogens is 1. The molecule has 0 unspecified atom stereocenters. The van der Waals surface area contributed by atoms with E-state index < -0.39 is 0 Å². The summed E-state index contributed by atoms with van der Waals surface area (Å²) < 4.78 is 2.46. The minimum Gasteiger partial charge on any atom is -0.353 e. The zero-order chi connectivity index (χ0) is 11.4. The molecule has 0 bridgehead atoms. The van der Waals surface area contributed by atoms with Crippen LogP contribution in [0.4, 0.5) is 0 Å². The van der Waals surface area contributed by atoms with E-state index in [1.165, 1.54) is 31.2 Å². The molecule has 0 aliphatic carbocycles. The second-order valence-electron chi connectivity index (χ2n) is 4.09. The summed E-state index contributed by atoms with van der Waals surface area (Å²) in [6.07, 6.45) is 0. The summed E-state index contributed by atoms with van der Waals surface area (Å²) in [6.45, 7) is 0. The highest BCUT2D eigenvalue weighted by molar-refractivity contribution is 7.27. The molecule has 2 heterocycles. The molecule has 0 atom stereocenters. The molecule has 1 N–H and O–H groups in total. The first kappa shape index (κ1) is 9.51. The molecule has 0 aliphatic heterocycles. The van der Waals surface area contributed by atoms with Crippen LogP contribution in [0.2, 0.25) is 5.02 Å². The molecule has 0 amide bonds. The van der Waals surface area contributed by atoms with E-state index in [0.29, 0.717) is 0 Å². The smallest absolute Gasteiger partial charge is 0.0655 e. The van der Waals surface area contributed by atoms with E-state index in [9.17, 15) is 0 Å². The quantitative estimate of drug-likeness (QED) is 0.446. The van der Waals surface area contributed by atoms with Gasteiger partial charge in [-0.15, -0.1) is 11.3 Å². The maximum absolute atomic E-state index is 6.23. The molecule has 17 heavy (non-hydrogen) atoms. The Bertz CT molecular complexity index is 856. The van der Waals surface area contributed by atoms with Crippen LogP contribution in [0.1, 0.15) is 0 Å². The molecule has 4 rings (SSSR count). The maximum Gasteiger partial charge on any atom is 0.0655 e. The number of hydrogen-bond acceptors (Lipinski definition) is 1. The van der Waals surface area contributed by atoms with Crippen LogP contribution in [0, 0.1) is 0 Å². The Kier molecular flexibility index (Phi) is 1.82. The zero-order valence-electron chi connectivity index (χ0n) is 8.83. The van der Waals surface area contributed by atoms with E-state index in [1.54, 1.807) is 11.3 Å². The highest BCUT2D eigenvalue weighted by Gasteiger charge is 2.12. The van der Waals surface area contributed by atoms with Crippen LogP contribution in [0.5, 0.6) is 0 Å². The summed E-state index contributed by atoms with van der Waals surface area (Å²) in [7, 11) is 0. The molecule has 4 aromatic rings. The summed E-state index contributed by atoms with van der Waals surface area (Å²) in [5, 5.41) is 3.33. The summed E-state index contributed by atoms with van der Waals surface area (Å²) in [5.41, 5.74) is 2.39. The average molecular weight is 258 g/mol. The Morgan fingerprint density at radius 1 is 0.882 bits per heavy atom. The first-order chi connectivity index (χ1) is 8.34. The second kappa shape index (κ2) is 3.25. The number of hydrogen-bond donors (Lipinski definition) is 1. The summed E-state index contributed by atoms with van der Waals surface area (Å²) in [6, 6.07) is 14.5. The first-order valence-corrected chi connectivity index (χ1v) is 6.61. The Morgan fingerprint density at radius 3 is 2.65 bits per heavy atom. The van der Waals surface area contributed by atoms with E-state index in [1.807, 2.05) is 12.1 Å². The molecule has 1 nitrogen and oxygen atoms in total. The van der Waals surface area contributed by atoms with Crippen LogP contribution in [0.3, 0.4) is 0 Å². The average Bonchev–Trinajstić information content (AvgIpc) is 2.87. The van der Waals surface area contributed by atoms with Crippen molar-refractivity contribution < 1.29 is 0 Å². The number of benzene rings is 2. The first-order valence-electron chi connectivity index (χ1n) is 5.42. The fraction of sp³-hybridized carbons (Fsp3) is 0. The van der Waals surface area contributed by atoms with Gasteiger partial charge in [-0.3, -0.25) is 0 Å². The topological polar surface area (TPSA) is 15.8 Å². The predicted octanol–water partition coefficient (Wildman–Crippen LogP) is 5.19. The standard InChI is InChI=1S/C14H8ClNS/c15-10-6-3-5-9-12-14(17-13(9)10)8-4-1-2-7-11(8)16-12/h1-7,16H. The van der Waals surface area contributed by atoms with Crippen LogP contribution in [-0.4, -0.2) is 4.98 Å². The number of nitrogens with one attached hydrogen (secondary N) is 1. The van der Waals surface area contributed by atoms with Crippen molar-refractivity contribution in [3.8, 4) is 0 Å². The molecule has 3 heteroatoms. The predicted molar refractivity (Wildman–Crippen MR) is 76.2 cm³/mol. The van der Waals surface area contributed by atoms with Crippen molar-refractivity contribution in [2.24, 2.45) is 0 Å². The third-order valence-electron chi connectivity index (χ3n) is 3.10. The zero-order valence-corrected chi connectivity index (χ0v) is 10.4. The number of rotatable bonds is 0. The highest BCUT2D eigenvalue weighted by Crippen LogP contribution is 2.40. The lowest BCUT2D eigenvalue weighted by Crippen LogP contribution is -1.68. The number of fused-ring (bicyclic) bond motifs is 5. The van der Waals surface area contributed by atoms with Crippen molar-refractivity contribution >= 4 is 54.1 Å². The Labute approximate surface area is 107 Å². The van der Waals surface area contributed by atoms with Crippen LogP contribution in [0.15, 0.2) is 42.5 Å². The normalized spacial score (nSPS) is 11.8. The largest absolute Gasteiger partial charge is 0.353 e. The number of thiophene rings is 1. The molecule has 2 aromatic carbocycles.